The van der Waals surface area contributed by atoms with Crippen LogP contribution in [0.25, 0.3) is 0 Å². The van der Waals surface area contributed by atoms with Crippen molar-refractivity contribution in [1.29, 1.82) is 0 Å². The molecule has 0 rings (SSSR count). The Hall–Kier alpha value is -0.330. The van der Waals surface area contributed by atoms with Crippen LogP contribution >= 0.6 is 0 Å². The van der Waals surface area contributed by atoms with E-state index < -0.39 is 0 Å². The van der Waals surface area contributed by atoms with Crippen LogP contribution in [-0.2, 0) is 4.79 Å². The van der Waals surface area contributed by atoms with E-state index in [1.165, 1.54) is 19.3 Å². The second kappa shape index (κ2) is 8.28. The van der Waals surface area contributed by atoms with Crippen LogP contribution in [0.5, 0.6) is 0 Å². The first-order valence-electron chi connectivity index (χ1n) is 5.75. The van der Waals surface area contributed by atoms with Crippen LogP contribution in [-0.4, -0.2) is 5.78 Å². The van der Waals surface area contributed by atoms with Gasteiger partial charge in [-0.1, -0.05) is 46.5 Å². The number of hydrogen-bond donors (Lipinski definition) is 0. The van der Waals surface area contributed by atoms with E-state index in [-0.39, 0.29) is 0 Å². The Kier molecular flexibility index (Phi) is 8.07. The average Bonchev–Trinajstić information content (AvgIpc) is 2.14. The van der Waals surface area contributed by atoms with E-state index in [1.807, 2.05) is 0 Å². The maximum Gasteiger partial charge on any atom is 0.135 e. The first-order valence-corrected chi connectivity index (χ1v) is 5.75. The van der Waals surface area contributed by atoms with Crippen LogP contribution in [0.1, 0.15) is 65.7 Å². The molecule has 0 saturated heterocycles. The fourth-order valence-electron chi connectivity index (χ4n) is 1.46. The standard InChI is InChI=1S/C12H24O/c1-4-6-8-9-11(3)12(13)10-7-5-2/h11H,4-10H2,1-3H3. The van der Waals surface area contributed by atoms with E-state index in [2.05, 4.69) is 20.8 Å². The third kappa shape index (κ3) is 6.80. The Labute approximate surface area is 82.9 Å². The van der Waals surface area contributed by atoms with Crippen molar-refractivity contribution < 1.29 is 4.79 Å². The van der Waals surface area contributed by atoms with E-state index in [0.29, 0.717) is 11.7 Å². The zero-order chi connectivity index (χ0) is 10.1. The molecule has 0 fully saturated rings. The zero-order valence-electron chi connectivity index (χ0n) is 9.44. The minimum absolute atomic E-state index is 0.304. The summed E-state index contributed by atoms with van der Waals surface area (Å²) in [6.45, 7) is 6.41. The van der Waals surface area contributed by atoms with Gasteiger partial charge in [-0.2, -0.15) is 0 Å². The van der Waals surface area contributed by atoms with Gasteiger partial charge in [-0.3, -0.25) is 4.79 Å². The Morgan fingerprint density at radius 3 is 2.23 bits per heavy atom. The first kappa shape index (κ1) is 12.7. The van der Waals surface area contributed by atoms with Gasteiger partial charge in [0.1, 0.15) is 5.78 Å². The summed E-state index contributed by atoms with van der Waals surface area (Å²) in [7, 11) is 0. The summed E-state index contributed by atoms with van der Waals surface area (Å²) in [5.74, 6) is 0.774. The summed E-state index contributed by atoms with van der Waals surface area (Å²) in [5, 5.41) is 0. The highest BCUT2D eigenvalue weighted by atomic mass is 16.1. The third-order valence-corrected chi connectivity index (χ3v) is 2.57. The minimum atomic E-state index is 0.304. The first-order chi connectivity index (χ1) is 6.22. The van der Waals surface area contributed by atoms with Crippen LogP contribution in [0.15, 0.2) is 0 Å². The van der Waals surface area contributed by atoms with E-state index in [4.69, 9.17) is 0 Å². The molecule has 78 valence electrons. The Balaban J connectivity index is 3.45. The molecule has 1 atom stereocenters. The summed E-state index contributed by atoms with van der Waals surface area (Å²) < 4.78 is 0. The summed E-state index contributed by atoms with van der Waals surface area (Å²) in [6.07, 6.45) is 7.82. The molecule has 0 aliphatic heterocycles. The van der Waals surface area contributed by atoms with Gasteiger partial charge in [0.05, 0.1) is 0 Å². The fraction of sp³-hybridized carbons (Fsp3) is 0.917. The molecule has 1 nitrogen and oxygen atoms in total. The molecular weight excluding hydrogens is 160 g/mol. The van der Waals surface area contributed by atoms with Crippen molar-refractivity contribution in [2.24, 2.45) is 5.92 Å². The van der Waals surface area contributed by atoms with E-state index in [9.17, 15) is 4.79 Å². The lowest BCUT2D eigenvalue weighted by Crippen LogP contribution is -2.10. The molecular formula is C12H24O. The number of ketones is 1. The minimum Gasteiger partial charge on any atom is -0.299 e. The van der Waals surface area contributed by atoms with Crippen LogP contribution in [0, 0.1) is 5.92 Å². The highest BCUT2D eigenvalue weighted by Crippen LogP contribution is 2.13. The predicted molar refractivity (Wildman–Crippen MR) is 57.8 cm³/mol. The van der Waals surface area contributed by atoms with Gasteiger partial charge < -0.3 is 0 Å². The maximum absolute atomic E-state index is 11.5. The topological polar surface area (TPSA) is 17.1 Å². The number of Topliss-reactive ketones (excluding diaryl/α,β-unsaturated/α-hetero) is 1. The molecule has 0 aromatic heterocycles. The highest BCUT2D eigenvalue weighted by Gasteiger charge is 2.10. The van der Waals surface area contributed by atoms with Crippen molar-refractivity contribution in [3.8, 4) is 0 Å². The van der Waals surface area contributed by atoms with Crippen LogP contribution in [0.3, 0.4) is 0 Å². The molecule has 1 heteroatoms. The number of hydrogen-bond acceptors (Lipinski definition) is 1. The lowest BCUT2D eigenvalue weighted by Gasteiger charge is -2.08. The normalized spacial score (nSPS) is 12.8. The van der Waals surface area contributed by atoms with Gasteiger partial charge in [0.25, 0.3) is 0 Å². The van der Waals surface area contributed by atoms with Crippen molar-refractivity contribution in [2.45, 2.75) is 65.7 Å². The van der Waals surface area contributed by atoms with Crippen LogP contribution in [0.4, 0.5) is 0 Å². The predicted octanol–water partition coefficient (Wildman–Crippen LogP) is 3.96. The summed E-state index contributed by atoms with van der Waals surface area (Å²) in [4.78, 5) is 11.5. The molecule has 13 heavy (non-hydrogen) atoms. The molecule has 0 radical (unpaired) electrons. The Bertz CT molecular complexity index is 129. The van der Waals surface area contributed by atoms with Gasteiger partial charge in [0.2, 0.25) is 0 Å². The number of unbranched alkanes of at least 4 members (excludes halogenated alkanes) is 3. The maximum atomic E-state index is 11.5. The van der Waals surface area contributed by atoms with Gasteiger partial charge in [0, 0.05) is 12.3 Å². The summed E-state index contributed by atoms with van der Waals surface area (Å²) >= 11 is 0. The molecule has 0 aliphatic carbocycles. The van der Waals surface area contributed by atoms with Crippen molar-refractivity contribution in [3.63, 3.8) is 0 Å². The number of carbonyl (C=O) groups is 1. The van der Waals surface area contributed by atoms with Crippen LogP contribution in [0.2, 0.25) is 0 Å². The smallest absolute Gasteiger partial charge is 0.135 e. The van der Waals surface area contributed by atoms with Gasteiger partial charge >= 0.3 is 0 Å². The molecule has 0 amide bonds. The average molecular weight is 184 g/mol. The van der Waals surface area contributed by atoms with Gasteiger partial charge in [-0.25, -0.2) is 0 Å². The second-order valence-corrected chi connectivity index (χ2v) is 3.97. The second-order valence-electron chi connectivity index (χ2n) is 3.97. The zero-order valence-corrected chi connectivity index (χ0v) is 9.44. The lowest BCUT2D eigenvalue weighted by atomic mass is 9.96. The van der Waals surface area contributed by atoms with Crippen molar-refractivity contribution >= 4 is 5.78 Å². The molecule has 0 aromatic carbocycles. The lowest BCUT2D eigenvalue weighted by molar-refractivity contribution is -0.122. The monoisotopic (exact) mass is 184 g/mol. The fourth-order valence-corrected chi connectivity index (χ4v) is 1.46. The molecule has 0 heterocycles. The Morgan fingerprint density at radius 2 is 1.69 bits per heavy atom. The molecule has 0 N–H and O–H groups in total. The summed E-state index contributed by atoms with van der Waals surface area (Å²) in [6, 6.07) is 0. The van der Waals surface area contributed by atoms with Gasteiger partial charge in [-0.15, -0.1) is 0 Å². The molecule has 0 aliphatic rings. The number of carbonyl (C=O) groups excluding carboxylic acids is 1. The van der Waals surface area contributed by atoms with Gasteiger partial charge in [0.15, 0.2) is 0 Å². The van der Waals surface area contributed by atoms with Gasteiger partial charge in [-0.05, 0) is 12.8 Å². The third-order valence-electron chi connectivity index (χ3n) is 2.57. The molecule has 0 bridgehead atoms. The Morgan fingerprint density at radius 1 is 1.08 bits per heavy atom. The highest BCUT2D eigenvalue weighted by molar-refractivity contribution is 5.80. The molecule has 0 aromatic rings. The number of rotatable bonds is 8. The summed E-state index contributed by atoms with van der Waals surface area (Å²) in [5.41, 5.74) is 0. The van der Waals surface area contributed by atoms with E-state index in [0.717, 1.165) is 25.7 Å². The van der Waals surface area contributed by atoms with E-state index in [1.54, 1.807) is 0 Å². The quantitative estimate of drug-likeness (QED) is 0.522. The van der Waals surface area contributed by atoms with Crippen molar-refractivity contribution in [1.82, 2.24) is 0 Å². The molecule has 1 unspecified atom stereocenters. The van der Waals surface area contributed by atoms with E-state index >= 15 is 0 Å². The van der Waals surface area contributed by atoms with Crippen LogP contribution < -0.4 is 0 Å². The molecule has 0 spiro atoms. The van der Waals surface area contributed by atoms with Crippen molar-refractivity contribution in [3.05, 3.63) is 0 Å². The van der Waals surface area contributed by atoms with Crippen molar-refractivity contribution in [2.75, 3.05) is 0 Å². The molecule has 0 saturated carbocycles. The SMILES string of the molecule is CCCCCC(C)C(=O)CCCC. The largest absolute Gasteiger partial charge is 0.299 e.